The molecule has 0 aliphatic rings. The summed E-state index contributed by atoms with van der Waals surface area (Å²) in [5.74, 6) is 2.66. The molecule has 5 heteroatoms. The lowest BCUT2D eigenvalue weighted by Crippen LogP contribution is -2.00. The van der Waals surface area contributed by atoms with Crippen LogP contribution in [0.5, 0.6) is 17.2 Å². The highest BCUT2D eigenvalue weighted by Crippen LogP contribution is 2.33. The van der Waals surface area contributed by atoms with Crippen molar-refractivity contribution >= 4 is 43.5 Å². The van der Waals surface area contributed by atoms with Crippen molar-refractivity contribution in [3.8, 4) is 17.2 Å². The monoisotopic (exact) mass is 458 g/mol. The lowest BCUT2D eigenvalue weighted by atomic mass is 10.0. The summed E-state index contributed by atoms with van der Waals surface area (Å²) in [5.41, 5.74) is 1.10. The topological polar surface area (TPSA) is 18.5 Å². The normalized spacial score (nSPS) is 10.5. The third-order valence-corrected chi connectivity index (χ3v) is 3.99. The number of ether oxygens (including phenoxy) is 2. The summed E-state index contributed by atoms with van der Waals surface area (Å²) in [5, 5.41) is 0.652. The molecule has 2 nitrogen and oxygen atoms in total. The van der Waals surface area contributed by atoms with E-state index in [9.17, 15) is 0 Å². The van der Waals surface area contributed by atoms with Crippen LogP contribution in [0.1, 0.15) is 25.3 Å². The SMILES string of the molecule is CC(C)c1cc(Oc2cccc(Cl)c2)ccc1OCC=C(Br)Br. The van der Waals surface area contributed by atoms with Crippen LogP contribution in [0.15, 0.2) is 51.9 Å². The molecule has 0 amide bonds. The molecule has 2 aromatic carbocycles. The zero-order valence-electron chi connectivity index (χ0n) is 12.9. The van der Waals surface area contributed by atoms with Crippen molar-refractivity contribution in [2.75, 3.05) is 6.61 Å². The van der Waals surface area contributed by atoms with Crippen LogP contribution in [-0.4, -0.2) is 6.61 Å². The molecule has 122 valence electrons. The van der Waals surface area contributed by atoms with Gasteiger partial charge in [-0.3, -0.25) is 0 Å². The third-order valence-electron chi connectivity index (χ3n) is 3.11. The minimum atomic E-state index is 0.323. The largest absolute Gasteiger partial charge is 0.489 e. The molecule has 0 aliphatic carbocycles. The minimum Gasteiger partial charge on any atom is -0.489 e. The number of benzene rings is 2. The minimum absolute atomic E-state index is 0.323. The van der Waals surface area contributed by atoms with Gasteiger partial charge in [-0.05, 0) is 80.3 Å². The maximum Gasteiger partial charge on any atom is 0.128 e. The van der Waals surface area contributed by atoms with Gasteiger partial charge in [0.15, 0.2) is 0 Å². The Balaban J connectivity index is 2.19. The van der Waals surface area contributed by atoms with Gasteiger partial charge in [-0.2, -0.15) is 0 Å². The van der Waals surface area contributed by atoms with E-state index in [4.69, 9.17) is 21.1 Å². The van der Waals surface area contributed by atoms with Crippen LogP contribution in [0.3, 0.4) is 0 Å². The Morgan fingerprint density at radius 2 is 1.87 bits per heavy atom. The zero-order chi connectivity index (χ0) is 16.8. The van der Waals surface area contributed by atoms with E-state index in [2.05, 4.69) is 45.7 Å². The summed E-state index contributed by atoms with van der Waals surface area (Å²) in [6.45, 7) is 4.74. The van der Waals surface area contributed by atoms with Gasteiger partial charge in [0.05, 0.1) is 3.39 Å². The van der Waals surface area contributed by atoms with E-state index in [0.29, 0.717) is 23.3 Å². The quantitative estimate of drug-likeness (QED) is 0.451. The number of rotatable bonds is 6. The summed E-state index contributed by atoms with van der Waals surface area (Å²) in [4.78, 5) is 0. The summed E-state index contributed by atoms with van der Waals surface area (Å²) in [7, 11) is 0. The molecule has 0 aliphatic heterocycles. The molecule has 0 unspecified atom stereocenters. The van der Waals surface area contributed by atoms with E-state index in [-0.39, 0.29) is 0 Å². The van der Waals surface area contributed by atoms with Crippen molar-refractivity contribution in [3.63, 3.8) is 0 Å². The Hall–Kier alpha value is -0.970. The van der Waals surface area contributed by atoms with Crippen molar-refractivity contribution < 1.29 is 9.47 Å². The summed E-state index contributed by atoms with van der Waals surface area (Å²) in [6.07, 6.45) is 1.90. The maximum absolute atomic E-state index is 5.99. The summed E-state index contributed by atoms with van der Waals surface area (Å²) in [6, 6.07) is 13.2. The van der Waals surface area contributed by atoms with Gasteiger partial charge in [-0.25, -0.2) is 0 Å². The van der Waals surface area contributed by atoms with Gasteiger partial charge in [0, 0.05) is 10.6 Å². The van der Waals surface area contributed by atoms with E-state index in [0.717, 1.165) is 20.5 Å². The Kier molecular flexibility index (Phi) is 7.00. The van der Waals surface area contributed by atoms with Crippen LogP contribution in [0.4, 0.5) is 0 Å². The van der Waals surface area contributed by atoms with Crippen LogP contribution in [0.25, 0.3) is 0 Å². The molecule has 0 saturated heterocycles. The van der Waals surface area contributed by atoms with Crippen molar-refractivity contribution in [1.29, 1.82) is 0 Å². The first-order chi connectivity index (χ1) is 11.0. The summed E-state index contributed by atoms with van der Waals surface area (Å²) >= 11 is 12.6. The van der Waals surface area contributed by atoms with Crippen LogP contribution < -0.4 is 9.47 Å². The van der Waals surface area contributed by atoms with Gasteiger partial charge in [0.1, 0.15) is 23.9 Å². The molecule has 0 aromatic heterocycles. The lowest BCUT2D eigenvalue weighted by molar-refractivity contribution is 0.356. The van der Waals surface area contributed by atoms with Crippen LogP contribution in [0.2, 0.25) is 5.02 Å². The Bertz CT molecular complexity index is 695. The van der Waals surface area contributed by atoms with Crippen molar-refractivity contribution in [2.45, 2.75) is 19.8 Å². The number of hydrogen-bond acceptors (Lipinski definition) is 2. The Labute approximate surface area is 158 Å². The maximum atomic E-state index is 5.99. The van der Waals surface area contributed by atoms with Gasteiger partial charge in [-0.1, -0.05) is 31.5 Å². The zero-order valence-corrected chi connectivity index (χ0v) is 16.8. The molecule has 0 heterocycles. The van der Waals surface area contributed by atoms with Gasteiger partial charge in [-0.15, -0.1) is 0 Å². The average Bonchev–Trinajstić information content (AvgIpc) is 2.48. The fourth-order valence-electron chi connectivity index (χ4n) is 2.03. The van der Waals surface area contributed by atoms with Crippen LogP contribution in [-0.2, 0) is 0 Å². The van der Waals surface area contributed by atoms with E-state index in [1.807, 2.05) is 42.5 Å². The molecule has 0 fully saturated rings. The number of halogens is 3. The smallest absolute Gasteiger partial charge is 0.128 e. The molecule has 0 spiro atoms. The first-order valence-corrected chi connectivity index (χ1v) is 9.13. The van der Waals surface area contributed by atoms with Gasteiger partial charge < -0.3 is 9.47 Å². The Morgan fingerprint density at radius 1 is 1.13 bits per heavy atom. The first kappa shape index (κ1) is 18.4. The second kappa shape index (κ2) is 8.76. The van der Waals surface area contributed by atoms with Crippen molar-refractivity contribution in [2.24, 2.45) is 0 Å². The second-order valence-electron chi connectivity index (χ2n) is 5.22. The van der Waals surface area contributed by atoms with Crippen LogP contribution >= 0.6 is 43.5 Å². The standard InChI is InChI=1S/C18H17Br2ClO2/c1-12(2)16-11-15(23-14-5-3-4-13(21)10-14)6-7-17(16)22-9-8-18(19)20/h3-8,10-12H,9H2,1-2H3. The van der Waals surface area contributed by atoms with Gasteiger partial charge >= 0.3 is 0 Å². The molecule has 0 radical (unpaired) electrons. The van der Waals surface area contributed by atoms with E-state index in [1.165, 1.54) is 0 Å². The number of hydrogen-bond donors (Lipinski definition) is 0. The van der Waals surface area contributed by atoms with Gasteiger partial charge in [0.2, 0.25) is 0 Å². The fourth-order valence-corrected chi connectivity index (χ4v) is 2.48. The molecule has 2 rings (SSSR count). The van der Waals surface area contributed by atoms with E-state index in [1.54, 1.807) is 6.07 Å². The third kappa shape index (κ3) is 5.87. The first-order valence-electron chi connectivity index (χ1n) is 7.17. The van der Waals surface area contributed by atoms with Crippen molar-refractivity contribution in [3.05, 3.63) is 62.5 Å². The van der Waals surface area contributed by atoms with Crippen LogP contribution in [0, 0.1) is 0 Å². The highest BCUT2D eigenvalue weighted by atomic mass is 79.9. The van der Waals surface area contributed by atoms with E-state index >= 15 is 0 Å². The molecule has 0 saturated carbocycles. The molecule has 23 heavy (non-hydrogen) atoms. The summed E-state index contributed by atoms with van der Waals surface area (Å²) < 4.78 is 12.6. The lowest BCUT2D eigenvalue weighted by Gasteiger charge is -2.15. The van der Waals surface area contributed by atoms with E-state index < -0.39 is 0 Å². The van der Waals surface area contributed by atoms with Gasteiger partial charge in [0.25, 0.3) is 0 Å². The molecular weight excluding hydrogens is 443 g/mol. The fraction of sp³-hybridized carbons (Fsp3) is 0.222. The Morgan fingerprint density at radius 3 is 2.52 bits per heavy atom. The molecule has 2 aromatic rings. The predicted octanol–water partition coefficient (Wildman–Crippen LogP) is 7.27. The molecule has 0 bridgehead atoms. The average molecular weight is 461 g/mol. The molecule has 0 atom stereocenters. The molecular formula is C18H17Br2ClO2. The highest BCUT2D eigenvalue weighted by molar-refractivity contribution is 9.28. The molecule has 0 N–H and O–H groups in total. The highest BCUT2D eigenvalue weighted by Gasteiger charge is 2.10. The van der Waals surface area contributed by atoms with Crippen molar-refractivity contribution in [1.82, 2.24) is 0 Å². The second-order valence-corrected chi connectivity index (χ2v) is 8.43. The predicted molar refractivity (Wildman–Crippen MR) is 103 cm³/mol.